The highest BCUT2D eigenvalue weighted by molar-refractivity contribution is 7.98. The molecule has 1 unspecified atom stereocenters. The van der Waals surface area contributed by atoms with Crippen molar-refractivity contribution in [3.8, 4) is 0 Å². The second kappa shape index (κ2) is 5.03. The fourth-order valence-electron chi connectivity index (χ4n) is 0.949. The number of halogens is 1. The summed E-state index contributed by atoms with van der Waals surface area (Å²) in [5.41, 5.74) is -0.189. The molecule has 5 heteroatoms. The van der Waals surface area contributed by atoms with Gasteiger partial charge in [-0.05, 0) is 27.0 Å². The van der Waals surface area contributed by atoms with E-state index < -0.39 is 0 Å². The van der Waals surface area contributed by atoms with Crippen LogP contribution < -0.4 is 5.32 Å². The van der Waals surface area contributed by atoms with E-state index in [0.717, 1.165) is 10.8 Å². The summed E-state index contributed by atoms with van der Waals surface area (Å²) >= 11 is 7.68. The third kappa shape index (κ3) is 3.54. The molecule has 3 nitrogen and oxygen atoms in total. The van der Waals surface area contributed by atoms with Gasteiger partial charge in [-0.15, -0.1) is 23.4 Å². The van der Waals surface area contributed by atoms with Gasteiger partial charge in [0.05, 0.1) is 5.38 Å². The molecule has 1 N–H and O–H groups in total. The van der Waals surface area contributed by atoms with E-state index in [9.17, 15) is 0 Å². The van der Waals surface area contributed by atoms with Crippen molar-refractivity contribution in [1.29, 1.82) is 0 Å². The maximum absolute atomic E-state index is 6.08. The third-order valence-electron chi connectivity index (χ3n) is 2.30. The van der Waals surface area contributed by atoms with Crippen LogP contribution >= 0.6 is 23.4 Å². The van der Waals surface area contributed by atoms with Crippen molar-refractivity contribution in [3.63, 3.8) is 0 Å². The van der Waals surface area contributed by atoms with Crippen LogP contribution in [-0.4, -0.2) is 27.1 Å². The van der Waals surface area contributed by atoms with E-state index in [0.29, 0.717) is 0 Å². The standard InChI is InChI=1S/C10H16ClN3S/c1-7(11)10(2,3)14-8-5-9(15-4)13-6-12-8/h5-7H,1-4H3,(H,12,13,14). The van der Waals surface area contributed by atoms with Crippen molar-refractivity contribution < 1.29 is 0 Å². The Labute approximate surface area is 100 Å². The predicted octanol–water partition coefficient (Wildman–Crippen LogP) is 3.02. The number of aromatic nitrogens is 2. The van der Waals surface area contributed by atoms with Gasteiger partial charge in [-0.2, -0.15) is 0 Å². The molecule has 1 heterocycles. The molecule has 0 aliphatic heterocycles. The fraction of sp³-hybridized carbons (Fsp3) is 0.600. The summed E-state index contributed by atoms with van der Waals surface area (Å²) in [5, 5.41) is 4.26. The van der Waals surface area contributed by atoms with Crippen LogP contribution in [0.3, 0.4) is 0 Å². The SMILES string of the molecule is CSc1cc(NC(C)(C)C(C)Cl)ncn1. The van der Waals surface area contributed by atoms with Gasteiger partial charge >= 0.3 is 0 Å². The fourth-order valence-corrected chi connectivity index (χ4v) is 1.39. The summed E-state index contributed by atoms with van der Waals surface area (Å²) in [6.45, 7) is 6.06. The number of nitrogens with one attached hydrogen (secondary N) is 1. The van der Waals surface area contributed by atoms with Crippen LogP contribution in [0.15, 0.2) is 17.4 Å². The number of rotatable bonds is 4. The quantitative estimate of drug-likeness (QED) is 0.503. The van der Waals surface area contributed by atoms with Crippen LogP contribution in [0.5, 0.6) is 0 Å². The number of nitrogens with zero attached hydrogens (tertiary/aromatic N) is 2. The maximum Gasteiger partial charge on any atom is 0.130 e. The van der Waals surface area contributed by atoms with Crippen molar-refractivity contribution in [3.05, 3.63) is 12.4 Å². The summed E-state index contributed by atoms with van der Waals surface area (Å²) in [6.07, 6.45) is 3.55. The molecule has 0 saturated carbocycles. The molecule has 1 aromatic rings. The van der Waals surface area contributed by atoms with Crippen molar-refractivity contribution >= 4 is 29.2 Å². The number of anilines is 1. The molecule has 0 radical (unpaired) electrons. The minimum absolute atomic E-state index is 0.0187. The zero-order valence-corrected chi connectivity index (χ0v) is 11.0. The van der Waals surface area contributed by atoms with Crippen molar-refractivity contribution in [2.45, 2.75) is 36.7 Å². The van der Waals surface area contributed by atoms with Gasteiger partial charge in [0.15, 0.2) is 0 Å². The van der Waals surface area contributed by atoms with E-state index in [1.165, 1.54) is 0 Å². The first-order chi connectivity index (χ1) is 6.95. The van der Waals surface area contributed by atoms with Crippen LogP contribution in [0.4, 0.5) is 5.82 Å². The minimum atomic E-state index is -0.189. The lowest BCUT2D eigenvalue weighted by Crippen LogP contribution is -2.39. The molecule has 15 heavy (non-hydrogen) atoms. The first-order valence-electron chi connectivity index (χ1n) is 4.74. The summed E-state index contributed by atoms with van der Waals surface area (Å²) in [4.78, 5) is 8.27. The smallest absolute Gasteiger partial charge is 0.130 e. The molecule has 1 atom stereocenters. The maximum atomic E-state index is 6.08. The Bertz CT molecular complexity index is 328. The van der Waals surface area contributed by atoms with Crippen LogP contribution in [0.1, 0.15) is 20.8 Å². The van der Waals surface area contributed by atoms with E-state index >= 15 is 0 Å². The Kier molecular flexibility index (Phi) is 4.22. The molecule has 1 rings (SSSR count). The second-order valence-electron chi connectivity index (χ2n) is 3.91. The Morgan fingerprint density at radius 2 is 2.13 bits per heavy atom. The molecule has 0 spiro atoms. The first kappa shape index (κ1) is 12.6. The lowest BCUT2D eigenvalue weighted by atomic mass is 10.0. The topological polar surface area (TPSA) is 37.8 Å². The molecule has 0 fully saturated rings. The van der Waals surface area contributed by atoms with Gasteiger partial charge in [0.2, 0.25) is 0 Å². The average Bonchev–Trinajstić information content (AvgIpc) is 2.17. The molecule has 0 amide bonds. The van der Waals surface area contributed by atoms with E-state index in [1.54, 1.807) is 18.1 Å². The van der Waals surface area contributed by atoms with Crippen molar-refractivity contribution in [2.24, 2.45) is 0 Å². The zero-order chi connectivity index (χ0) is 11.5. The van der Waals surface area contributed by atoms with Crippen LogP contribution in [0, 0.1) is 0 Å². The lowest BCUT2D eigenvalue weighted by Gasteiger charge is -2.29. The highest BCUT2D eigenvalue weighted by atomic mass is 35.5. The van der Waals surface area contributed by atoms with Gasteiger partial charge in [-0.3, -0.25) is 0 Å². The van der Waals surface area contributed by atoms with E-state index in [1.807, 2.05) is 33.1 Å². The largest absolute Gasteiger partial charge is 0.364 e. The molecule has 0 bridgehead atoms. The van der Waals surface area contributed by atoms with E-state index in [2.05, 4.69) is 15.3 Å². The van der Waals surface area contributed by atoms with Gasteiger partial charge in [0.25, 0.3) is 0 Å². The monoisotopic (exact) mass is 245 g/mol. The van der Waals surface area contributed by atoms with Gasteiger partial charge in [0, 0.05) is 11.6 Å². The van der Waals surface area contributed by atoms with Crippen LogP contribution in [0.2, 0.25) is 0 Å². The lowest BCUT2D eigenvalue weighted by molar-refractivity contribution is 0.552. The molecular formula is C10H16ClN3S. The van der Waals surface area contributed by atoms with Crippen molar-refractivity contribution in [2.75, 3.05) is 11.6 Å². The highest BCUT2D eigenvalue weighted by Crippen LogP contribution is 2.22. The minimum Gasteiger partial charge on any atom is -0.364 e. The Morgan fingerprint density at radius 1 is 1.47 bits per heavy atom. The summed E-state index contributed by atoms with van der Waals surface area (Å²) in [5.74, 6) is 0.812. The van der Waals surface area contributed by atoms with Crippen LogP contribution in [-0.2, 0) is 0 Å². The molecule has 0 aliphatic rings. The van der Waals surface area contributed by atoms with Gasteiger partial charge in [-0.1, -0.05) is 0 Å². The van der Waals surface area contributed by atoms with Gasteiger partial charge in [-0.25, -0.2) is 9.97 Å². The average molecular weight is 246 g/mol. The molecule has 0 aromatic carbocycles. The second-order valence-corrected chi connectivity index (χ2v) is 5.39. The number of alkyl halides is 1. The zero-order valence-electron chi connectivity index (χ0n) is 9.41. The summed E-state index contributed by atoms with van der Waals surface area (Å²) in [7, 11) is 0. The van der Waals surface area contributed by atoms with Gasteiger partial charge in [0.1, 0.15) is 17.2 Å². The Hall–Kier alpha value is -0.480. The van der Waals surface area contributed by atoms with Crippen molar-refractivity contribution in [1.82, 2.24) is 9.97 Å². The molecule has 0 saturated heterocycles. The Balaban J connectivity index is 2.80. The number of hydrogen-bond donors (Lipinski definition) is 1. The first-order valence-corrected chi connectivity index (χ1v) is 6.40. The number of thioether (sulfide) groups is 1. The van der Waals surface area contributed by atoms with E-state index in [-0.39, 0.29) is 10.9 Å². The molecule has 0 aliphatic carbocycles. The summed E-state index contributed by atoms with van der Waals surface area (Å²) in [6, 6.07) is 1.92. The molecule has 84 valence electrons. The molecule has 1 aromatic heterocycles. The van der Waals surface area contributed by atoms with Crippen LogP contribution in [0.25, 0.3) is 0 Å². The predicted molar refractivity (Wildman–Crippen MR) is 66.8 cm³/mol. The third-order valence-corrected chi connectivity index (χ3v) is 3.48. The summed E-state index contributed by atoms with van der Waals surface area (Å²) < 4.78 is 0. The Morgan fingerprint density at radius 3 is 2.67 bits per heavy atom. The molecular weight excluding hydrogens is 230 g/mol. The van der Waals surface area contributed by atoms with E-state index in [4.69, 9.17) is 11.6 Å². The number of hydrogen-bond acceptors (Lipinski definition) is 4. The van der Waals surface area contributed by atoms with Gasteiger partial charge < -0.3 is 5.32 Å². The normalized spacial score (nSPS) is 13.7. The highest BCUT2D eigenvalue weighted by Gasteiger charge is 2.24.